The van der Waals surface area contributed by atoms with Crippen molar-refractivity contribution in [2.24, 2.45) is 23.5 Å². The van der Waals surface area contributed by atoms with Gasteiger partial charge in [0.15, 0.2) is 0 Å². The maximum Gasteiger partial charge on any atom is 0.0233 e. The Bertz CT molecular complexity index is 441. The Morgan fingerprint density at radius 2 is 1.95 bits per heavy atom. The fourth-order valence-corrected chi connectivity index (χ4v) is 4.23. The van der Waals surface area contributed by atoms with Gasteiger partial charge in [0, 0.05) is 19.1 Å². The molecule has 19 heavy (non-hydrogen) atoms. The summed E-state index contributed by atoms with van der Waals surface area (Å²) in [7, 11) is 2.24. The fraction of sp³-hybridized carbons (Fsp3) is 0.647. The summed E-state index contributed by atoms with van der Waals surface area (Å²) in [5.41, 5.74) is 9.25. The van der Waals surface area contributed by atoms with Gasteiger partial charge in [-0.2, -0.15) is 0 Å². The first-order chi connectivity index (χ1) is 9.15. The van der Waals surface area contributed by atoms with Gasteiger partial charge in [-0.3, -0.25) is 0 Å². The van der Waals surface area contributed by atoms with Crippen molar-refractivity contribution in [1.82, 2.24) is 4.90 Å². The molecule has 2 aliphatic rings. The molecule has 2 N–H and O–H groups in total. The van der Waals surface area contributed by atoms with E-state index < -0.39 is 0 Å². The normalized spacial score (nSPS) is 33.3. The zero-order chi connectivity index (χ0) is 13.4. The topological polar surface area (TPSA) is 29.3 Å². The highest BCUT2D eigenvalue weighted by Crippen LogP contribution is 2.47. The summed E-state index contributed by atoms with van der Waals surface area (Å²) in [6, 6.07) is 9.15. The van der Waals surface area contributed by atoms with E-state index >= 15 is 0 Å². The van der Waals surface area contributed by atoms with E-state index in [2.05, 4.69) is 43.1 Å². The molecule has 0 aromatic heterocycles. The Balaban J connectivity index is 1.60. The molecule has 2 nitrogen and oxygen atoms in total. The minimum absolute atomic E-state index is 0.457. The van der Waals surface area contributed by atoms with Crippen LogP contribution in [0.4, 0.5) is 0 Å². The van der Waals surface area contributed by atoms with Crippen molar-refractivity contribution < 1.29 is 0 Å². The molecule has 0 aliphatic heterocycles. The summed E-state index contributed by atoms with van der Waals surface area (Å²) in [6.45, 7) is 4.41. The molecule has 1 aromatic rings. The number of nitrogens with zero attached hydrogens (tertiary/aromatic N) is 1. The fourth-order valence-electron chi connectivity index (χ4n) is 4.23. The van der Waals surface area contributed by atoms with Crippen molar-refractivity contribution in [3.8, 4) is 0 Å². The third-order valence-electron chi connectivity index (χ3n) is 5.38. The zero-order valence-electron chi connectivity index (χ0n) is 12.2. The van der Waals surface area contributed by atoms with Crippen LogP contribution in [0.2, 0.25) is 0 Å². The van der Waals surface area contributed by atoms with Gasteiger partial charge < -0.3 is 10.6 Å². The lowest BCUT2D eigenvalue weighted by molar-refractivity contribution is 0.194. The Morgan fingerprint density at radius 1 is 1.21 bits per heavy atom. The average Bonchev–Trinajstić information content (AvgIpc) is 2.96. The molecule has 2 fully saturated rings. The molecule has 2 aliphatic carbocycles. The van der Waals surface area contributed by atoms with Gasteiger partial charge in [0.1, 0.15) is 0 Å². The Hall–Kier alpha value is -0.860. The minimum Gasteiger partial charge on any atom is -0.327 e. The first-order valence-electron chi connectivity index (χ1n) is 7.64. The van der Waals surface area contributed by atoms with Gasteiger partial charge in [0.2, 0.25) is 0 Å². The molecule has 2 bridgehead atoms. The number of nitrogens with two attached hydrogens (primary N) is 1. The number of hydrogen-bond acceptors (Lipinski definition) is 2. The molecule has 0 amide bonds. The molecule has 3 rings (SSSR count). The van der Waals surface area contributed by atoms with Crippen LogP contribution in [-0.4, -0.2) is 24.5 Å². The van der Waals surface area contributed by atoms with E-state index in [1.807, 2.05) is 0 Å². The molecular weight excluding hydrogens is 232 g/mol. The predicted octanol–water partition coefficient (Wildman–Crippen LogP) is 2.80. The van der Waals surface area contributed by atoms with Crippen LogP contribution in [0.5, 0.6) is 0 Å². The second-order valence-electron chi connectivity index (χ2n) is 6.70. The van der Waals surface area contributed by atoms with Gasteiger partial charge in [0.05, 0.1) is 0 Å². The number of hydrogen-bond donors (Lipinski definition) is 1. The van der Waals surface area contributed by atoms with E-state index in [0.29, 0.717) is 6.04 Å². The van der Waals surface area contributed by atoms with E-state index in [1.165, 1.54) is 30.4 Å². The maximum absolute atomic E-state index is 6.41. The minimum atomic E-state index is 0.457. The monoisotopic (exact) mass is 258 g/mol. The van der Waals surface area contributed by atoms with Crippen LogP contribution in [0.25, 0.3) is 0 Å². The van der Waals surface area contributed by atoms with Crippen LogP contribution in [0.1, 0.15) is 30.4 Å². The van der Waals surface area contributed by atoms with Gasteiger partial charge in [-0.15, -0.1) is 0 Å². The van der Waals surface area contributed by atoms with Gasteiger partial charge in [-0.1, -0.05) is 24.3 Å². The predicted molar refractivity (Wildman–Crippen MR) is 79.8 cm³/mol. The van der Waals surface area contributed by atoms with Crippen molar-refractivity contribution in [3.05, 3.63) is 35.4 Å². The molecule has 0 spiro atoms. The van der Waals surface area contributed by atoms with Crippen molar-refractivity contribution in [2.75, 3.05) is 13.6 Å². The van der Waals surface area contributed by atoms with E-state index in [1.54, 1.807) is 0 Å². The van der Waals surface area contributed by atoms with Crippen molar-refractivity contribution >= 4 is 0 Å². The third-order valence-corrected chi connectivity index (χ3v) is 5.38. The van der Waals surface area contributed by atoms with E-state index in [9.17, 15) is 0 Å². The average molecular weight is 258 g/mol. The highest BCUT2D eigenvalue weighted by Gasteiger charge is 2.45. The first-order valence-corrected chi connectivity index (χ1v) is 7.64. The number of aryl methyl sites for hydroxylation is 1. The van der Waals surface area contributed by atoms with Crippen LogP contribution in [0, 0.1) is 24.7 Å². The Labute approximate surface area is 117 Å². The largest absolute Gasteiger partial charge is 0.327 e. The highest BCUT2D eigenvalue weighted by molar-refractivity contribution is 5.25. The molecule has 104 valence electrons. The molecule has 0 heterocycles. The molecule has 1 aromatic carbocycles. The van der Waals surface area contributed by atoms with Crippen LogP contribution in [-0.2, 0) is 6.54 Å². The Morgan fingerprint density at radius 3 is 2.63 bits per heavy atom. The van der Waals surface area contributed by atoms with Gasteiger partial charge in [-0.05, 0) is 62.1 Å². The molecular formula is C17H26N2. The lowest BCUT2D eigenvalue weighted by Gasteiger charge is -2.32. The van der Waals surface area contributed by atoms with Crippen LogP contribution in [0.15, 0.2) is 24.3 Å². The summed E-state index contributed by atoms with van der Waals surface area (Å²) in [5.74, 6) is 2.45. The number of rotatable bonds is 4. The van der Waals surface area contributed by atoms with Crippen molar-refractivity contribution in [3.63, 3.8) is 0 Å². The maximum atomic E-state index is 6.41. The quantitative estimate of drug-likeness (QED) is 0.900. The summed E-state index contributed by atoms with van der Waals surface area (Å²) in [5, 5.41) is 0. The molecule has 4 unspecified atom stereocenters. The van der Waals surface area contributed by atoms with E-state index in [0.717, 1.165) is 30.8 Å². The lowest BCUT2D eigenvalue weighted by Crippen LogP contribution is -2.41. The zero-order valence-corrected chi connectivity index (χ0v) is 12.2. The number of benzene rings is 1. The molecule has 0 saturated heterocycles. The molecule has 4 atom stereocenters. The summed E-state index contributed by atoms with van der Waals surface area (Å²) in [6.07, 6.45) is 4.19. The van der Waals surface area contributed by atoms with Gasteiger partial charge in [-0.25, -0.2) is 0 Å². The first kappa shape index (κ1) is 13.1. The summed E-state index contributed by atoms with van der Waals surface area (Å²) >= 11 is 0. The molecule has 0 radical (unpaired) electrons. The van der Waals surface area contributed by atoms with Crippen molar-refractivity contribution in [2.45, 2.75) is 38.8 Å². The van der Waals surface area contributed by atoms with E-state index in [-0.39, 0.29) is 0 Å². The lowest BCUT2D eigenvalue weighted by atomic mass is 9.84. The third kappa shape index (κ3) is 2.56. The van der Waals surface area contributed by atoms with Crippen LogP contribution in [0.3, 0.4) is 0 Å². The van der Waals surface area contributed by atoms with Gasteiger partial charge >= 0.3 is 0 Å². The smallest absolute Gasteiger partial charge is 0.0233 e. The van der Waals surface area contributed by atoms with Gasteiger partial charge in [0.25, 0.3) is 0 Å². The Kier molecular flexibility index (Phi) is 3.64. The summed E-state index contributed by atoms with van der Waals surface area (Å²) in [4.78, 5) is 2.47. The van der Waals surface area contributed by atoms with E-state index in [4.69, 9.17) is 5.73 Å². The second-order valence-corrected chi connectivity index (χ2v) is 6.70. The molecule has 2 saturated carbocycles. The SMILES string of the molecule is Cc1ccccc1CN(C)CC1C2CCC(C2)C1N. The molecule has 2 heteroatoms. The summed E-state index contributed by atoms with van der Waals surface area (Å²) < 4.78 is 0. The van der Waals surface area contributed by atoms with Crippen LogP contribution < -0.4 is 5.73 Å². The van der Waals surface area contributed by atoms with Crippen LogP contribution >= 0.6 is 0 Å². The second kappa shape index (κ2) is 5.26. The standard InChI is InChI=1S/C17H26N2/c1-12-5-3-4-6-15(12)10-19(2)11-16-13-7-8-14(9-13)17(16)18/h3-6,13-14,16-17H,7-11,18H2,1-2H3. The highest BCUT2D eigenvalue weighted by atomic mass is 15.1. The number of fused-ring (bicyclic) bond motifs is 2. The van der Waals surface area contributed by atoms with Crippen molar-refractivity contribution in [1.29, 1.82) is 0 Å².